The van der Waals surface area contributed by atoms with Crippen molar-refractivity contribution in [3.8, 4) is 6.07 Å². The Balaban J connectivity index is 0.000000289. The largest absolute Gasteiger partial charge is 0.397 e. The first kappa shape index (κ1) is 41.4. The molecule has 6 rings (SSSR count). The summed E-state index contributed by atoms with van der Waals surface area (Å²) >= 11 is 3.37. The number of alkyl halides is 6. The van der Waals surface area contributed by atoms with Gasteiger partial charge in [0.25, 0.3) is 0 Å². The molecule has 0 radical (unpaired) electrons. The Kier molecular flexibility index (Phi) is 13.8. The van der Waals surface area contributed by atoms with Gasteiger partial charge in [-0.05, 0) is 54.3 Å². The molecule has 4 heterocycles. The van der Waals surface area contributed by atoms with Gasteiger partial charge in [0.2, 0.25) is 11.8 Å². The summed E-state index contributed by atoms with van der Waals surface area (Å²) in [6.07, 6.45) is -10.1. The van der Waals surface area contributed by atoms with E-state index in [4.69, 9.17) is 14.7 Å². The Hall–Kier alpha value is -3.74. The number of amides is 2. The van der Waals surface area contributed by atoms with Gasteiger partial charge >= 0.3 is 12.4 Å². The lowest BCUT2D eigenvalue weighted by Gasteiger charge is -2.47. The zero-order valence-electron chi connectivity index (χ0n) is 26.4. The molecule has 4 aliphatic heterocycles. The molecule has 2 aromatic rings. The van der Waals surface area contributed by atoms with Gasteiger partial charge in [-0.25, -0.2) is 0 Å². The lowest BCUT2D eigenvalue weighted by Crippen LogP contribution is -2.61. The minimum atomic E-state index is -4.50. The predicted octanol–water partition coefficient (Wildman–Crippen LogP) is 7.74. The number of carbonyl (C=O) groups is 3. The minimum Gasteiger partial charge on any atom is -0.362 e. The van der Waals surface area contributed by atoms with Crippen LogP contribution >= 0.6 is 15.9 Å². The number of allylic oxidation sites excluding steroid dienone is 1. The molecule has 2 fully saturated rings. The van der Waals surface area contributed by atoms with Crippen molar-refractivity contribution in [3.63, 3.8) is 0 Å². The first-order valence-electron chi connectivity index (χ1n) is 14.6. The highest BCUT2D eigenvalue weighted by Gasteiger charge is 2.54. The van der Waals surface area contributed by atoms with E-state index in [1.807, 2.05) is 25.1 Å². The highest BCUT2D eigenvalue weighted by molar-refractivity contribution is 9.10. The van der Waals surface area contributed by atoms with Crippen LogP contribution in [0.15, 0.2) is 53.5 Å². The molecule has 4 aliphatic rings. The zero-order chi connectivity index (χ0) is 36.1. The van der Waals surface area contributed by atoms with Gasteiger partial charge < -0.3 is 19.3 Å². The average molecular weight is 763 g/mol. The first-order chi connectivity index (χ1) is 22.3. The standard InChI is InChI=1S/C15H14F3NO3.C13H11BrF3NO2.C3H6.C2H3N.CH4/c1-9(20)10-2-3-12-11(4-10)6-22-14(12)7-19(8-14)13(21)5-15(16,17)18;14-9-1-2-10-8(3-9)5-20-12(10)6-18(7-12)11(19)4-13(15,16)17;1-3-2;1-2-3;/h2-4H,5-8H2,1H3;1-3H,4-7H2;3H,1H2,2H3;1H3;1H4. The first-order valence-corrected chi connectivity index (χ1v) is 15.4. The zero-order valence-corrected chi connectivity index (χ0v) is 28.0. The monoisotopic (exact) mass is 761 g/mol. The van der Waals surface area contributed by atoms with Crippen molar-refractivity contribution in [2.24, 2.45) is 0 Å². The van der Waals surface area contributed by atoms with Crippen molar-refractivity contribution in [2.45, 2.75) is 77.8 Å². The van der Waals surface area contributed by atoms with Crippen molar-refractivity contribution >= 4 is 33.5 Å². The molecule has 0 aliphatic carbocycles. The van der Waals surface area contributed by atoms with E-state index >= 15 is 0 Å². The molecule has 0 atom stereocenters. The van der Waals surface area contributed by atoms with Crippen LogP contribution in [-0.2, 0) is 43.5 Å². The maximum Gasteiger partial charge on any atom is 0.397 e. The number of Topliss-reactive ketones (excluding diaryl/α,β-unsaturated/α-hetero) is 1. The molecule has 2 saturated heterocycles. The molecule has 2 spiro atoms. The van der Waals surface area contributed by atoms with Crippen LogP contribution in [0.25, 0.3) is 0 Å². The van der Waals surface area contributed by atoms with Crippen LogP contribution in [0.1, 0.15) is 73.7 Å². The third kappa shape index (κ3) is 10.1. The second-order valence-corrected chi connectivity index (χ2v) is 12.4. The van der Waals surface area contributed by atoms with Crippen LogP contribution in [0.3, 0.4) is 0 Å². The molecular formula is C34H38BrF6N3O5. The molecule has 15 heteroatoms. The van der Waals surface area contributed by atoms with Crippen molar-refractivity contribution < 1.29 is 50.2 Å². The van der Waals surface area contributed by atoms with Crippen molar-refractivity contribution in [1.82, 2.24) is 9.80 Å². The van der Waals surface area contributed by atoms with Gasteiger partial charge in [-0.2, -0.15) is 31.6 Å². The predicted molar refractivity (Wildman–Crippen MR) is 172 cm³/mol. The molecule has 2 aromatic carbocycles. The molecule has 268 valence electrons. The lowest BCUT2D eigenvalue weighted by atomic mass is 9.84. The molecule has 49 heavy (non-hydrogen) atoms. The summed E-state index contributed by atoms with van der Waals surface area (Å²) in [5.41, 5.74) is 2.94. The third-order valence-corrected chi connectivity index (χ3v) is 8.26. The van der Waals surface area contributed by atoms with E-state index in [2.05, 4.69) is 22.5 Å². The quantitative estimate of drug-likeness (QED) is 0.180. The normalized spacial score (nSPS) is 17.1. The average Bonchev–Trinajstić information content (AvgIpc) is 3.49. The van der Waals surface area contributed by atoms with Crippen molar-refractivity contribution in [3.05, 3.63) is 81.3 Å². The van der Waals surface area contributed by atoms with Crippen LogP contribution in [0.5, 0.6) is 0 Å². The van der Waals surface area contributed by atoms with Gasteiger partial charge in [0, 0.05) is 17.0 Å². The number of likely N-dealkylation sites (tertiary alicyclic amines) is 2. The minimum absolute atomic E-state index is 0. The van der Waals surface area contributed by atoms with E-state index in [0.29, 0.717) is 18.8 Å². The van der Waals surface area contributed by atoms with Crippen LogP contribution in [-0.4, -0.2) is 65.9 Å². The second kappa shape index (κ2) is 16.3. The van der Waals surface area contributed by atoms with E-state index in [1.165, 1.54) is 18.7 Å². The summed E-state index contributed by atoms with van der Waals surface area (Å²) in [6.45, 7) is 9.50. The van der Waals surface area contributed by atoms with E-state index in [0.717, 1.165) is 31.6 Å². The fourth-order valence-corrected chi connectivity index (χ4v) is 6.08. The SMILES string of the molecule is C.C=CC.CC#N.CC(=O)c1ccc2c(c1)COC21CN(C(=O)CC(F)(F)F)C1.O=C(CC(F)(F)F)N1CC2(C1)OCc1cc(Br)ccc12. The van der Waals surface area contributed by atoms with Crippen molar-refractivity contribution in [2.75, 3.05) is 26.2 Å². The third-order valence-electron chi connectivity index (χ3n) is 7.76. The number of rotatable bonds is 3. The van der Waals surface area contributed by atoms with Crippen molar-refractivity contribution in [1.29, 1.82) is 5.26 Å². The van der Waals surface area contributed by atoms with E-state index < -0.39 is 48.2 Å². The van der Waals surface area contributed by atoms with Crippen LogP contribution in [0.2, 0.25) is 0 Å². The Morgan fingerprint density at radius 1 is 0.878 bits per heavy atom. The molecule has 0 aromatic heterocycles. The van der Waals surface area contributed by atoms with Crippen LogP contribution in [0, 0.1) is 11.3 Å². The number of hydrogen-bond acceptors (Lipinski definition) is 6. The number of nitrogens with zero attached hydrogens (tertiary/aromatic N) is 3. The Morgan fingerprint density at radius 2 is 1.24 bits per heavy atom. The van der Waals surface area contributed by atoms with Gasteiger partial charge in [-0.3, -0.25) is 14.4 Å². The van der Waals surface area contributed by atoms with Gasteiger partial charge in [-0.15, -0.1) is 6.58 Å². The number of fused-ring (bicyclic) bond motifs is 4. The molecule has 0 bridgehead atoms. The molecule has 0 saturated carbocycles. The van der Waals surface area contributed by atoms with Gasteiger partial charge in [0.1, 0.15) is 24.0 Å². The van der Waals surface area contributed by atoms with Gasteiger partial charge in [-0.1, -0.05) is 47.6 Å². The molecule has 0 N–H and O–H groups in total. The van der Waals surface area contributed by atoms with Crippen LogP contribution in [0.4, 0.5) is 26.3 Å². The molecular weight excluding hydrogens is 724 g/mol. The van der Waals surface area contributed by atoms with E-state index in [-0.39, 0.29) is 39.4 Å². The summed E-state index contributed by atoms with van der Waals surface area (Å²) in [5.74, 6) is -1.88. The Labute approximate surface area is 289 Å². The van der Waals surface area contributed by atoms with E-state index in [9.17, 15) is 40.7 Å². The summed E-state index contributed by atoms with van der Waals surface area (Å²) in [7, 11) is 0. The topological polar surface area (TPSA) is 99.9 Å². The fraction of sp³-hybridized carbons (Fsp3) is 0.471. The number of carbonyl (C=O) groups excluding carboxylic acids is 3. The molecule has 0 unspecified atom stereocenters. The number of benzene rings is 2. The maximum absolute atomic E-state index is 12.2. The number of hydrogen-bond donors (Lipinski definition) is 0. The fourth-order valence-electron chi connectivity index (χ4n) is 5.67. The van der Waals surface area contributed by atoms with Gasteiger partial charge in [0.15, 0.2) is 5.78 Å². The number of halogens is 7. The summed E-state index contributed by atoms with van der Waals surface area (Å²) in [5, 5.41) is 7.32. The number of ketones is 1. The lowest BCUT2D eigenvalue weighted by molar-refractivity contribution is -0.186. The number of ether oxygens (including phenoxy) is 2. The summed E-state index contributed by atoms with van der Waals surface area (Å²) < 4.78 is 85.7. The smallest absolute Gasteiger partial charge is 0.362 e. The molecule has 2 amide bonds. The second-order valence-electron chi connectivity index (χ2n) is 11.5. The Morgan fingerprint density at radius 3 is 1.61 bits per heavy atom. The Bertz CT molecular complexity index is 1580. The van der Waals surface area contributed by atoms with Gasteiger partial charge in [0.05, 0.1) is 45.5 Å². The maximum atomic E-state index is 12.2. The van der Waals surface area contributed by atoms with Crippen LogP contribution < -0.4 is 0 Å². The number of nitriles is 1. The molecule has 8 nitrogen and oxygen atoms in total. The highest BCUT2D eigenvalue weighted by Crippen LogP contribution is 2.45. The summed E-state index contributed by atoms with van der Waals surface area (Å²) in [6, 6.07) is 12.6. The van der Waals surface area contributed by atoms with E-state index in [1.54, 1.807) is 30.3 Å². The summed E-state index contributed by atoms with van der Waals surface area (Å²) in [4.78, 5) is 36.7. The highest BCUT2D eigenvalue weighted by atomic mass is 79.9.